The zero-order chi connectivity index (χ0) is 7.98. The quantitative estimate of drug-likeness (QED) is 0.454. The summed E-state index contributed by atoms with van der Waals surface area (Å²) in [6.07, 6.45) is 5.70. The number of carbonyl (C=O) groups is 1. The third-order valence-corrected chi connectivity index (χ3v) is 0.985. The number of rotatable bonds is 4. The number of aliphatic hydroxyl groups excluding tert-OH is 1. The molecule has 2 nitrogen and oxygen atoms in total. The third kappa shape index (κ3) is 3.88. The van der Waals surface area contributed by atoms with Crippen LogP contribution in [0, 0.1) is 12.3 Å². The molecule has 0 aromatic rings. The second kappa shape index (κ2) is 4.78. The first kappa shape index (κ1) is 8.93. The minimum Gasteiger partial charge on any atom is -0.380 e. The number of carbonyl (C=O) groups excluding carboxylic acids is 1. The number of hydrogen-bond donors (Lipinski definition) is 1. The number of terminal acetylenes is 1. The number of hydrogen-bond acceptors (Lipinski definition) is 2. The molecule has 0 saturated carbocycles. The van der Waals surface area contributed by atoms with E-state index >= 15 is 0 Å². The normalized spacial score (nSPS) is 11.6. The van der Waals surface area contributed by atoms with Crippen molar-refractivity contribution in [2.45, 2.75) is 18.9 Å². The lowest BCUT2D eigenvalue weighted by atomic mass is 10.1. The molecule has 54 valence electrons. The Balaban J connectivity index is 3.59. The topological polar surface area (TPSA) is 37.3 Å². The molecule has 0 aliphatic heterocycles. The van der Waals surface area contributed by atoms with Crippen molar-refractivity contribution in [3.8, 4) is 12.3 Å². The first-order chi connectivity index (χ1) is 4.70. The minimum atomic E-state index is -0.938. The van der Waals surface area contributed by atoms with Gasteiger partial charge in [-0.05, 0) is 0 Å². The van der Waals surface area contributed by atoms with Gasteiger partial charge in [0, 0.05) is 12.8 Å². The standard InChI is InChI=1S/C8H10O2/c1-3-5-8(10)6-7(9)4-2/h2-3,7,9H,1,5-6H2/t7-/m0/s1. The fourth-order valence-electron chi connectivity index (χ4n) is 0.519. The van der Waals surface area contributed by atoms with Crippen LogP contribution in [-0.2, 0) is 4.79 Å². The van der Waals surface area contributed by atoms with Gasteiger partial charge in [0.2, 0.25) is 0 Å². The summed E-state index contributed by atoms with van der Waals surface area (Å²) < 4.78 is 0. The summed E-state index contributed by atoms with van der Waals surface area (Å²) in [6.45, 7) is 3.38. The van der Waals surface area contributed by atoms with Crippen LogP contribution in [-0.4, -0.2) is 17.0 Å². The van der Waals surface area contributed by atoms with Crippen LogP contribution >= 0.6 is 0 Å². The molecule has 0 amide bonds. The van der Waals surface area contributed by atoms with Gasteiger partial charge >= 0.3 is 0 Å². The maximum absolute atomic E-state index is 10.7. The molecule has 0 spiro atoms. The van der Waals surface area contributed by atoms with Crippen LogP contribution in [0.3, 0.4) is 0 Å². The average molecular weight is 138 g/mol. The number of allylic oxidation sites excluding steroid dienone is 1. The summed E-state index contributed by atoms with van der Waals surface area (Å²) in [4.78, 5) is 10.7. The lowest BCUT2D eigenvalue weighted by Crippen LogP contribution is -2.09. The molecular formula is C8H10O2. The molecule has 1 atom stereocenters. The fraction of sp³-hybridized carbons (Fsp3) is 0.375. The second-order valence-electron chi connectivity index (χ2n) is 1.92. The van der Waals surface area contributed by atoms with Crippen LogP contribution < -0.4 is 0 Å². The van der Waals surface area contributed by atoms with Gasteiger partial charge in [-0.15, -0.1) is 13.0 Å². The van der Waals surface area contributed by atoms with E-state index in [2.05, 4.69) is 12.5 Å². The number of ketones is 1. The summed E-state index contributed by atoms with van der Waals surface area (Å²) in [6, 6.07) is 0. The molecule has 0 aromatic carbocycles. The van der Waals surface area contributed by atoms with Gasteiger partial charge < -0.3 is 5.11 Å². The van der Waals surface area contributed by atoms with Gasteiger partial charge in [-0.1, -0.05) is 12.0 Å². The van der Waals surface area contributed by atoms with E-state index in [0.29, 0.717) is 0 Å². The van der Waals surface area contributed by atoms with Crippen molar-refractivity contribution in [3.63, 3.8) is 0 Å². The lowest BCUT2D eigenvalue weighted by molar-refractivity contribution is -0.119. The Hall–Kier alpha value is -1.07. The van der Waals surface area contributed by atoms with E-state index in [-0.39, 0.29) is 18.6 Å². The largest absolute Gasteiger partial charge is 0.380 e. The van der Waals surface area contributed by atoms with Crippen LogP contribution in [0.2, 0.25) is 0 Å². The second-order valence-corrected chi connectivity index (χ2v) is 1.92. The number of aliphatic hydroxyl groups is 1. The molecule has 0 aliphatic carbocycles. The van der Waals surface area contributed by atoms with Crippen molar-refractivity contribution in [1.29, 1.82) is 0 Å². The molecular weight excluding hydrogens is 128 g/mol. The van der Waals surface area contributed by atoms with Crippen molar-refractivity contribution < 1.29 is 9.90 Å². The van der Waals surface area contributed by atoms with E-state index in [1.165, 1.54) is 6.08 Å². The van der Waals surface area contributed by atoms with Gasteiger partial charge in [0.25, 0.3) is 0 Å². The summed E-state index contributed by atoms with van der Waals surface area (Å²) in [5.74, 6) is 1.97. The van der Waals surface area contributed by atoms with Crippen LogP contribution in [0.4, 0.5) is 0 Å². The molecule has 0 aromatic heterocycles. The summed E-state index contributed by atoms with van der Waals surface area (Å²) in [5.41, 5.74) is 0. The zero-order valence-electron chi connectivity index (χ0n) is 5.71. The first-order valence-electron chi connectivity index (χ1n) is 2.97. The molecule has 0 saturated heterocycles. The lowest BCUT2D eigenvalue weighted by Gasteiger charge is -1.98. The van der Waals surface area contributed by atoms with Crippen LogP contribution in [0.15, 0.2) is 12.7 Å². The molecule has 1 N–H and O–H groups in total. The van der Waals surface area contributed by atoms with Crippen molar-refractivity contribution >= 4 is 5.78 Å². The molecule has 0 unspecified atom stereocenters. The van der Waals surface area contributed by atoms with E-state index in [1.807, 2.05) is 0 Å². The molecule has 0 aliphatic rings. The van der Waals surface area contributed by atoms with Crippen LogP contribution in [0.5, 0.6) is 0 Å². The fourth-order valence-corrected chi connectivity index (χ4v) is 0.519. The van der Waals surface area contributed by atoms with E-state index in [9.17, 15) is 4.79 Å². The predicted molar refractivity (Wildman–Crippen MR) is 39.3 cm³/mol. The zero-order valence-corrected chi connectivity index (χ0v) is 5.71. The molecule has 2 heteroatoms. The van der Waals surface area contributed by atoms with E-state index in [1.54, 1.807) is 0 Å². The van der Waals surface area contributed by atoms with Gasteiger partial charge in [-0.25, -0.2) is 0 Å². The average Bonchev–Trinajstić information content (AvgIpc) is 1.88. The molecule has 0 heterocycles. The highest BCUT2D eigenvalue weighted by Crippen LogP contribution is 1.95. The Kier molecular flexibility index (Phi) is 4.26. The highest BCUT2D eigenvalue weighted by atomic mass is 16.3. The van der Waals surface area contributed by atoms with E-state index in [0.717, 1.165) is 0 Å². The van der Waals surface area contributed by atoms with E-state index in [4.69, 9.17) is 11.5 Å². The van der Waals surface area contributed by atoms with Crippen molar-refractivity contribution in [3.05, 3.63) is 12.7 Å². The highest BCUT2D eigenvalue weighted by molar-refractivity contribution is 5.80. The van der Waals surface area contributed by atoms with Crippen molar-refractivity contribution in [2.75, 3.05) is 0 Å². The maximum atomic E-state index is 10.7. The monoisotopic (exact) mass is 138 g/mol. The maximum Gasteiger partial charge on any atom is 0.140 e. The van der Waals surface area contributed by atoms with E-state index < -0.39 is 6.10 Å². The van der Waals surface area contributed by atoms with Crippen LogP contribution in [0.1, 0.15) is 12.8 Å². The Morgan fingerprint density at radius 2 is 2.50 bits per heavy atom. The van der Waals surface area contributed by atoms with Gasteiger partial charge in [0.15, 0.2) is 0 Å². The number of Topliss-reactive ketones (excluding diaryl/α,β-unsaturated/α-hetero) is 1. The Labute approximate surface area is 60.6 Å². The third-order valence-electron chi connectivity index (χ3n) is 0.985. The summed E-state index contributed by atoms with van der Waals surface area (Å²) >= 11 is 0. The minimum absolute atomic E-state index is 0.0303. The molecule has 10 heavy (non-hydrogen) atoms. The summed E-state index contributed by atoms with van der Waals surface area (Å²) in [7, 11) is 0. The van der Waals surface area contributed by atoms with Gasteiger partial charge in [-0.3, -0.25) is 4.79 Å². The molecule has 0 bridgehead atoms. The van der Waals surface area contributed by atoms with Crippen molar-refractivity contribution in [2.24, 2.45) is 0 Å². The SMILES string of the molecule is C#C[C@H](O)CC(=O)CC=C. The summed E-state index contributed by atoms with van der Waals surface area (Å²) in [5, 5.41) is 8.76. The molecule has 0 radical (unpaired) electrons. The Bertz CT molecular complexity index is 165. The molecule has 0 rings (SSSR count). The van der Waals surface area contributed by atoms with Crippen molar-refractivity contribution in [1.82, 2.24) is 0 Å². The Morgan fingerprint density at radius 1 is 1.90 bits per heavy atom. The smallest absolute Gasteiger partial charge is 0.140 e. The van der Waals surface area contributed by atoms with Crippen LogP contribution in [0.25, 0.3) is 0 Å². The van der Waals surface area contributed by atoms with Gasteiger partial charge in [0.05, 0.1) is 0 Å². The van der Waals surface area contributed by atoms with Gasteiger partial charge in [-0.2, -0.15) is 0 Å². The van der Waals surface area contributed by atoms with Gasteiger partial charge in [0.1, 0.15) is 11.9 Å². The molecule has 0 fully saturated rings. The predicted octanol–water partition coefficient (Wildman–Crippen LogP) is 0.516. The Morgan fingerprint density at radius 3 is 2.90 bits per heavy atom. The first-order valence-corrected chi connectivity index (χ1v) is 2.97. The highest BCUT2D eigenvalue weighted by Gasteiger charge is 2.04.